The zero-order valence-electron chi connectivity index (χ0n) is 71.7. The summed E-state index contributed by atoms with van der Waals surface area (Å²) in [4.78, 5) is 221. The number of aliphatic carboxylic acids is 2. The van der Waals surface area contributed by atoms with E-state index in [1.54, 1.807) is 23.5 Å². The van der Waals surface area contributed by atoms with Gasteiger partial charge in [-0.1, -0.05) is 109 Å². The summed E-state index contributed by atoms with van der Waals surface area (Å²) in [5.41, 5.74) is 0. The molecule has 33 heteroatoms. The normalized spacial score (nSPS) is 19.2. The Hall–Kier alpha value is -6.02. The molecule has 4 rings (SSSR count). The summed E-state index contributed by atoms with van der Waals surface area (Å²) < 4.78 is 0. The number of carbonyl (C=O) groups is 14. The van der Waals surface area contributed by atoms with Crippen LogP contribution in [0.15, 0.2) is 0 Å². The molecule has 0 spiro atoms. The molecule has 0 saturated carbocycles. The molecule has 0 aromatic rings. The standard InChI is InChI=1S/C85H145N9O16S4.2CO2/c1-63(95)86-52-46-82(105)93-69(43-45-81(104)92-67(74(97)36-19-6-3-7-21-39-77(100)71-60-112-54-30-13-9-25-48-88-71)41-40-66(96)35-18-4-2-5-20-38-76(99)70-59-111-53-29-12-8-24-47-87-70)83(106)94-68(75(98)37-22-16-17-33-64(84(107)108)57-78(101)72-61-113-55-31-14-10-26-49-89-72)42-44-80(103)91-51-28-23-34-65(85(109)110)58-79(102)73-62-114-56-32-15-11-27-50-90-73;2*2-1-3/h64-65,67-73,87-90H,2-62H2,1H3,(H,86,95)(H,91,103)(H,92,104)(H,93,105)(H,94,106)(H,107,108)(H,109,110);;/t64-,65-,67+,68+,69+,70+,71+,72+,73+;;/m1../s1. The van der Waals surface area contributed by atoms with Gasteiger partial charge in [0, 0.05) is 114 Å². The van der Waals surface area contributed by atoms with Crippen LogP contribution in [0.2, 0.25) is 0 Å². The van der Waals surface area contributed by atoms with Crippen LogP contribution in [0.1, 0.15) is 309 Å². The van der Waals surface area contributed by atoms with Crippen LogP contribution in [-0.2, 0) is 86.3 Å². The summed E-state index contributed by atoms with van der Waals surface area (Å²) in [7, 11) is 0. The van der Waals surface area contributed by atoms with Gasteiger partial charge in [0.2, 0.25) is 29.5 Å². The summed E-state index contributed by atoms with van der Waals surface area (Å²) in [5.74, 6) is -0.821. The highest BCUT2D eigenvalue weighted by Gasteiger charge is 2.32. The Kier molecular flexibility index (Phi) is 67.3. The highest BCUT2D eigenvalue weighted by molar-refractivity contribution is 8.00. The van der Waals surface area contributed by atoms with Crippen molar-refractivity contribution in [2.24, 2.45) is 11.8 Å². The minimum atomic E-state index is -1.44. The van der Waals surface area contributed by atoms with E-state index >= 15 is 0 Å². The van der Waals surface area contributed by atoms with E-state index in [1.807, 2.05) is 23.5 Å². The lowest BCUT2D eigenvalue weighted by atomic mass is 9.93. The van der Waals surface area contributed by atoms with E-state index in [4.69, 9.17) is 19.2 Å². The van der Waals surface area contributed by atoms with E-state index in [1.165, 1.54) is 39.0 Å². The van der Waals surface area contributed by atoms with E-state index in [-0.39, 0.29) is 162 Å². The second-order valence-electron chi connectivity index (χ2n) is 32.1. The summed E-state index contributed by atoms with van der Waals surface area (Å²) >= 11 is 7.05. The van der Waals surface area contributed by atoms with Crippen LogP contribution < -0.4 is 47.9 Å². The van der Waals surface area contributed by atoms with Gasteiger partial charge in [-0.15, -0.1) is 0 Å². The van der Waals surface area contributed by atoms with Crippen LogP contribution in [0.25, 0.3) is 0 Å². The van der Waals surface area contributed by atoms with Crippen molar-refractivity contribution in [3.05, 3.63) is 0 Å². The van der Waals surface area contributed by atoms with Crippen molar-refractivity contribution in [3.8, 4) is 0 Å². The van der Waals surface area contributed by atoms with Gasteiger partial charge < -0.3 is 58.1 Å². The fourth-order valence-corrected chi connectivity index (χ4v) is 19.3. The number of hydrogen-bond acceptors (Lipinski definition) is 26. The topological polar surface area (TPSA) is 456 Å². The van der Waals surface area contributed by atoms with Crippen LogP contribution in [-0.4, -0.2) is 232 Å². The average Bonchev–Trinajstić information content (AvgIpc) is 0.881. The number of hydrogen-bond donors (Lipinski definition) is 11. The van der Waals surface area contributed by atoms with Gasteiger partial charge in [-0.2, -0.15) is 66.2 Å². The molecule has 4 aliphatic rings. The number of amides is 5. The number of ketones is 7. The van der Waals surface area contributed by atoms with Crippen molar-refractivity contribution in [1.29, 1.82) is 0 Å². The lowest BCUT2D eigenvalue weighted by molar-refractivity contribution is -0.193. The molecule has 0 aliphatic carbocycles. The maximum Gasteiger partial charge on any atom is 0.373 e. The van der Waals surface area contributed by atoms with Crippen molar-refractivity contribution < 1.29 is 96.5 Å². The van der Waals surface area contributed by atoms with Gasteiger partial charge in [0.1, 0.15) is 11.8 Å². The number of thioether (sulfide) groups is 4. The molecule has 120 heavy (non-hydrogen) atoms. The van der Waals surface area contributed by atoms with Crippen LogP contribution in [0.4, 0.5) is 0 Å². The van der Waals surface area contributed by atoms with Crippen molar-refractivity contribution in [2.75, 3.05) is 85.3 Å². The van der Waals surface area contributed by atoms with Crippen molar-refractivity contribution in [2.45, 2.75) is 351 Å². The Morgan fingerprint density at radius 2 is 0.667 bits per heavy atom. The third-order valence-electron chi connectivity index (χ3n) is 22.1. The molecule has 5 amide bonds. The summed E-state index contributed by atoms with van der Waals surface area (Å²) in [6.07, 6.45) is 27.7. The first kappa shape index (κ1) is 110. The number of rotatable bonds is 55. The predicted molar refractivity (Wildman–Crippen MR) is 468 cm³/mol. The minimum Gasteiger partial charge on any atom is -0.481 e. The highest BCUT2D eigenvalue weighted by Crippen LogP contribution is 2.24. The number of Topliss-reactive ketones (excluding diaryl/α,β-unsaturated/α-hetero) is 7. The van der Waals surface area contributed by atoms with Crippen LogP contribution in [0.5, 0.6) is 0 Å². The van der Waals surface area contributed by atoms with Gasteiger partial charge in [-0.25, -0.2) is 0 Å². The number of carbonyl (C=O) groups excluding carboxylic acids is 16. The molecule has 29 nitrogen and oxygen atoms in total. The molecule has 0 unspecified atom stereocenters. The SMILES string of the molecule is CC(=O)NCCC(=O)N[C@@H](CCC(=O)N[C@@H](CCC(=O)CCCCCCCC(=O)[C@@H]1CSCCCCCCN1)C(=O)CCCCCCCC(=O)[C@@H]1CSCCCCCCN1)C(=O)N[C@@H](CCC(=O)NCCCC[C@H](CC(=O)[C@@H]1CSCCCCCCN1)C(=O)O)C(=O)CCCCC[C@H](CC(=O)[C@@H]1CSCCCCCCN1)C(=O)O.O=C=O.O=C=O. The van der Waals surface area contributed by atoms with Crippen LogP contribution in [0.3, 0.4) is 0 Å². The number of carboxylic acids is 2. The number of nitrogens with one attached hydrogen (secondary N) is 9. The highest BCUT2D eigenvalue weighted by atomic mass is 32.2. The molecule has 9 atom stereocenters. The summed E-state index contributed by atoms with van der Waals surface area (Å²) in [6.45, 7) is 4.42. The van der Waals surface area contributed by atoms with Crippen molar-refractivity contribution >= 4 is 141 Å². The quantitative estimate of drug-likeness (QED) is 0.0252. The van der Waals surface area contributed by atoms with Gasteiger partial charge in [-0.05, 0) is 171 Å². The largest absolute Gasteiger partial charge is 0.481 e. The third-order valence-corrected chi connectivity index (χ3v) is 26.6. The molecule has 682 valence electrons. The van der Waals surface area contributed by atoms with E-state index in [0.717, 1.165) is 163 Å². The second kappa shape index (κ2) is 73.3. The van der Waals surface area contributed by atoms with Crippen molar-refractivity contribution in [3.63, 3.8) is 0 Å². The van der Waals surface area contributed by atoms with Crippen molar-refractivity contribution in [1.82, 2.24) is 47.9 Å². The van der Waals surface area contributed by atoms with E-state index in [9.17, 15) is 77.3 Å². The maximum atomic E-state index is 14.7. The Labute approximate surface area is 729 Å². The predicted octanol–water partition coefficient (Wildman–Crippen LogP) is 10.1. The van der Waals surface area contributed by atoms with Gasteiger partial charge in [0.15, 0.2) is 34.7 Å². The van der Waals surface area contributed by atoms with Crippen LogP contribution >= 0.6 is 47.0 Å². The molecule has 4 heterocycles. The van der Waals surface area contributed by atoms with E-state index < -0.39 is 95.7 Å². The fourth-order valence-electron chi connectivity index (χ4n) is 14.8. The second-order valence-corrected chi connectivity index (χ2v) is 36.7. The average molecular weight is 1770 g/mol. The van der Waals surface area contributed by atoms with Crippen LogP contribution in [0, 0.1) is 11.8 Å². The van der Waals surface area contributed by atoms with Gasteiger partial charge >= 0.3 is 24.2 Å². The fraction of sp³-hybridized carbons (Fsp3) is 0.816. The third kappa shape index (κ3) is 57.4. The van der Waals surface area contributed by atoms with Gasteiger partial charge in [0.05, 0.1) is 48.1 Å². The Morgan fingerprint density at radius 3 is 1.09 bits per heavy atom. The molecular formula is C87H145N9O20S4. The first-order chi connectivity index (χ1) is 58.0. The molecule has 0 aromatic heterocycles. The first-order valence-electron chi connectivity index (χ1n) is 44.8. The minimum absolute atomic E-state index is 0.0265. The number of carboxylic acid groups (broad SMARTS) is 2. The van der Waals surface area contributed by atoms with E-state index in [2.05, 4.69) is 47.9 Å². The van der Waals surface area contributed by atoms with Gasteiger partial charge in [0.25, 0.3) is 0 Å². The summed E-state index contributed by atoms with van der Waals surface area (Å²) in [5, 5.41) is 47.6. The molecule has 0 aromatic carbocycles. The molecule has 4 saturated heterocycles. The molecule has 4 fully saturated rings. The number of unbranched alkanes of at least 4 members (excludes halogenated alkanes) is 11. The lowest BCUT2D eigenvalue weighted by Crippen LogP contribution is -2.52. The van der Waals surface area contributed by atoms with Gasteiger partial charge in [-0.3, -0.25) is 67.1 Å². The maximum absolute atomic E-state index is 14.7. The zero-order valence-corrected chi connectivity index (χ0v) is 75.0. The Morgan fingerprint density at radius 1 is 0.333 bits per heavy atom. The molecule has 0 radical (unpaired) electrons. The molecule has 4 aliphatic heterocycles. The molecule has 11 N–H and O–H groups in total. The summed E-state index contributed by atoms with van der Waals surface area (Å²) in [6, 6.07) is -4.92. The zero-order chi connectivity index (χ0) is 88.0. The smallest absolute Gasteiger partial charge is 0.373 e. The Bertz CT molecular complexity index is 3020. The van der Waals surface area contributed by atoms with E-state index in [0.29, 0.717) is 82.4 Å². The first-order valence-corrected chi connectivity index (χ1v) is 49.4. The molecule has 0 bridgehead atoms. The lowest BCUT2D eigenvalue weighted by Gasteiger charge is -2.24. The molecular weight excluding hydrogens is 1620 g/mol. The monoisotopic (exact) mass is 1760 g/mol. The Balaban J connectivity index is 0.00000788.